The van der Waals surface area contributed by atoms with E-state index < -0.39 is 0 Å². The maximum Gasteiger partial charge on any atom is -0.0152 e. The summed E-state index contributed by atoms with van der Waals surface area (Å²) in [6.45, 7) is 2.30. The van der Waals surface area contributed by atoms with Crippen molar-refractivity contribution >= 4 is 10.8 Å². The zero-order valence-electron chi connectivity index (χ0n) is 22.1. The molecule has 0 saturated heterocycles. The van der Waals surface area contributed by atoms with Gasteiger partial charge in [0.15, 0.2) is 0 Å². The molecule has 0 aliphatic carbocycles. The Hall–Kier alpha value is -1.30. The molecule has 2 aromatic rings. The zero-order chi connectivity index (χ0) is 23.2. The largest absolute Gasteiger partial charge is 0.0654 e. The van der Waals surface area contributed by atoms with Crippen LogP contribution in [0.3, 0.4) is 0 Å². The summed E-state index contributed by atoms with van der Waals surface area (Å²) >= 11 is 0. The summed E-state index contributed by atoms with van der Waals surface area (Å²) in [5.74, 6) is 0. The molecule has 2 rings (SSSR count). The highest BCUT2D eigenvalue weighted by Crippen LogP contribution is 2.21. The minimum atomic E-state index is 1.24. The van der Waals surface area contributed by atoms with Crippen molar-refractivity contribution in [3.05, 3.63) is 48.0 Å². The fraction of sp³-hybridized carbons (Fsp3) is 0.697. The van der Waals surface area contributed by atoms with E-state index in [0.717, 1.165) is 0 Å². The molecule has 2 aromatic carbocycles. The van der Waals surface area contributed by atoms with Gasteiger partial charge < -0.3 is 0 Å². The minimum absolute atomic E-state index is 1.24. The summed E-state index contributed by atoms with van der Waals surface area (Å²) in [5.41, 5.74) is 1.53. The van der Waals surface area contributed by atoms with E-state index >= 15 is 0 Å². The van der Waals surface area contributed by atoms with Crippen molar-refractivity contribution in [2.75, 3.05) is 0 Å². The van der Waals surface area contributed by atoms with Crippen LogP contribution in [0.15, 0.2) is 42.5 Å². The van der Waals surface area contributed by atoms with Crippen LogP contribution in [0.25, 0.3) is 10.8 Å². The van der Waals surface area contributed by atoms with Crippen LogP contribution in [0.1, 0.15) is 147 Å². The van der Waals surface area contributed by atoms with E-state index in [1.54, 1.807) is 0 Å². The summed E-state index contributed by atoms with van der Waals surface area (Å²) < 4.78 is 0. The Labute approximate surface area is 207 Å². The van der Waals surface area contributed by atoms with E-state index in [9.17, 15) is 0 Å². The lowest BCUT2D eigenvalue weighted by molar-refractivity contribution is 0.520. The first-order valence-corrected chi connectivity index (χ1v) is 14.9. The highest BCUT2D eigenvalue weighted by Gasteiger charge is 2.00. The lowest BCUT2D eigenvalue weighted by Crippen LogP contribution is -1.88. The van der Waals surface area contributed by atoms with Crippen LogP contribution in [0.4, 0.5) is 0 Å². The van der Waals surface area contributed by atoms with Gasteiger partial charge >= 0.3 is 0 Å². The molecule has 33 heavy (non-hydrogen) atoms. The summed E-state index contributed by atoms with van der Waals surface area (Å²) in [7, 11) is 0. The number of unbranched alkanes of at least 4 members (excludes halogenated alkanes) is 20. The van der Waals surface area contributed by atoms with Gasteiger partial charge in [0.05, 0.1) is 0 Å². The van der Waals surface area contributed by atoms with Crippen molar-refractivity contribution in [2.45, 2.75) is 148 Å². The van der Waals surface area contributed by atoms with E-state index in [1.165, 1.54) is 158 Å². The second kappa shape index (κ2) is 20.1. The number of hydrogen-bond donors (Lipinski definition) is 0. The summed E-state index contributed by atoms with van der Waals surface area (Å²) in [4.78, 5) is 0. The van der Waals surface area contributed by atoms with Crippen molar-refractivity contribution in [1.29, 1.82) is 0 Å². The predicted molar refractivity (Wildman–Crippen MR) is 150 cm³/mol. The standard InChI is InChI=1S/C33H54/c1-2-3-4-5-6-7-8-9-10-11-12-13-14-15-16-17-18-19-20-21-22-26-31-28-25-29-32-27-23-24-30-33(31)32/h23-25,27-30H,2-22,26H2,1H3. The Bertz CT molecular complexity index is 680. The summed E-state index contributed by atoms with van der Waals surface area (Å²) in [6, 6.07) is 15.6. The summed E-state index contributed by atoms with van der Waals surface area (Å²) in [6.07, 6.45) is 31.7. The van der Waals surface area contributed by atoms with Crippen molar-refractivity contribution in [2.24, 2.45) is 0 Å². The van der Waals surface area contributed by atoms with Gasteiger partial charge in [-0.15, -0.1) is 0 Å². The maximum atomic E-state index is 2.32. The third kappa shape index (κ3) is 13.9. The molecule has 0 spiro atoms. The van der Waals surface area contributed by atoms with Crippen LogP contribution in [-0.4, -0.2) is 0 Å². The molecule has 0 aliphatic rings. The first-order valence-electron chi connectivity index (χ1n) is 14.9. The molecule has 0 bridgehead atoms. The van der Waals surface area contributed by atoms with Gasteiger partial charge in [-0.3, -0.25) is 0 Å². The fourth-order valence-electron chi connectivity index (χ4n) is 5.26. The average molecular weight is 451 g/mol. The third-order valence-corrected chi connectivity index (χ3v) is 7.43. The monoisotopic (exact) mass is 450 g/mol. The Morgan fingerprint density at radius 1 is 0.394 bits per heavy atom. The van der Waals surface area contributed by atoms with Crippen LogP contribution in [-0.2, 0) is 6.42 Å². The molecule has 0 radical (unpaired) electrons. The molecule has 0 amide bonds. The van der Waals surface area contributed by atoms with Crippen molar-refractivity contribution in [3.8, 4) is 0 Å². The fourth-order valence-corrected chi connectivity index (χ4v) is 5.26. The van der Waals surface area contributed by atoms with Gasteiger partial charge in [-0.1, -0.05) is 178 Å². The second-order valence-corrected chi connectivity index (χ2v) is 10.5. The van der Waals surface area contributed by atoms with Crippen LogP contribution in [0, 0.1) is 0 Å². The summed E-state index contributed by atoms with van der Waals surface area (Å²) in [5, 5.41) is 2.84. The highest BCUT2D eigenvalue weighted by molar-refractivity contribution is 5.85. The average Bonchev–Trinajstić information content (AvgIpc) is 2.85. The molecule has 0 atom stereocenters. The van der Waals surface area contributed by atoms with E-state index in [1.807, 2.05) is 0 Å². The van der Waals surface area contributed by atoms with Gasteiger partial charge in [-0.25, -0.2) is 0 Å². The molecular formula is C33H54. The predicted octanol–water partition coefficient (Wildman–Crippen LogP) is 11.6. The molecule has 0 unspecified atom stereocenters. The minimum Gasteiger partial charge on any atom is -0.0654 e. The van der Waals surface area contributed by atoms with Gasteiger partial charge in [0, 0.05) is 0 Å². The molecule has 0 heteroatoms. The van der Waals surface area contributed by atoms with Crippen LogP contribution >= 0.6 is 0 Å². The molecule has 0 aromatic heterocycles. The topological polar surface area (TPSA) is 0 Å². The molecule has 186 valence electrons. The highest BCUT2D eigenvalue weighted by atomic mass is 14.1. The van der Waals surface area contributed by atoms with Crippen LogP contribution < -0.4 is 0 Å². The molecule has 0 heterocycles. The number of rotatable bonds is 22. The van der Waals surface area contributed by atoms with Gasteiger partial charge in [0.2, 0.25) is 0 Å². The quantitative estimate of drug-likeness (QED) is 0.156. The van der Waals surface area contributed by atoms with Crippen molar-refractivity contribution < 1.29 is 0 Å². The Kier molecular flexibility index (Phi) is 17.0. The lowest BCUT2D eigenvalue weighted by Gasteiger charge is -2.07. The number of benzene rings is 2. The molecule has 0 aliphatic heterocycles. The first-order chi connectivity index (χ1) is 16.4. The van der Waals surface area contributed by atoms with Gasteiger partial charge in [0.25, 0.3) is 0 Å². The van der Waals surface area contributed by atoms with Crippen molar-refractivity contribution in [3.63, 3.8) is 0 Å². The van der Waals surface area contributed by atoms with E-state index in [2.05, 4.69) is 49.4 Å². The number of fused-ring (bicyclic) bond motifs is 1. The third-order valence-electron chi connectivity index (χ3n) is 7.43. The molecule has 0 nitrogen and oxygen atoms in total. The Morgan fingerprint density at radius 2 is 0.788 bits per heavy atom. The van der Waals surface area contributed by atoms with Gasteiger partial charge in [-0.05, 0) is 29.2 Å². The molecule has 0 N–H and O–H groups in total. The maximum absolute atomic E-state index is 2.32. The lowest BCUT2D eigenvalue weighted by atomic mass is 9.99. The Balaban J connectivity index is 1.28. The van der Waals surface area contributed by atoms with Crippen molar-refractivity contribution in [1.82, 2.24) is 0 Å². The number of hydrogen-bond acceptors (Lipinski definition) is 0. The molecular weight excluding hydrogens is 396 g/mol. The van der Waals surface area contributed by atoms with Gasteiger partial charge in [0.1, 0.15) is 0 Å². The normalized spacial score (nSPS) is 11.4. The second-order valence-electron chi connectivity index (χ2n) is 10.5. The van der Waals surface area contributed by atoms with Crippen LogP contribution in [0.5, 0.6) is 0 Å². The molecule has 0 saturated carbocycles. The SMILES string of the molecule is CCCCCCCCCCCCCCCCCCCCCCCc1cccc2ccccc12. The van der Waals surface area contributed by atoms with E-state index in [4.69, 9.17) is 0 Å². The Morgan fingerprint density at radius 3 is 1.27 bits per heavy atom. The molecule has 0 fully saturated rings. The zero-order valence-corrected chi connectivity index (χ0v) is 22.1. The van der Waals surface area contributed by atoms with E-state index in [0.29, 0.717) is 0 Å². The van der Waals surface area contributed by atoms with E-state index in [-0.39, 0.29) is 0 Å². The van der Waals surface area contributed by atoms with Crippen LogP contribution in [0.2, 0.25) is 0 Å². The smallest absolute Gasteiger partial charge is 0.0152 e. The first kappa shape index (κ1) is 27.9. The number of aryl methyl sites for hydroxylation is 1. The van der Waals surface area contributed by atoms with Gasteiger partial charge in [-0.2, -0.15) is 0 Å².